The maximum Gasteiger partial charge on any atom is 0.352 e. The van der Waals surface area contributed by atoms with Gasteiger partial charge in [-0.3, -0.25) is 0 Å². The molecule has 0 spiro atoms. The van der Waals surface area contributed by atoms with Crippen LogP contribution in [0.1, 0.15) is 40.5 Å². The van der Waals surface area contributed by atoms with E-state index in [-0.39, 0.29) is 23.1 Å². The highest BCUT2D eigenvalue weighted by molar-refractivity contribution is 7.91. The summed E-state index contributed by atoms with van der Waals surface area (Å²) in [6.07, 6.45) is 1.14. The molecule has 0 bridgehead atoms. The fourth-order valence-electron chi connectivity index (χ4n) is 2.23. The van der Waals surface area contributed by atoms with Gasteiger partial charge in [0, 0.05) is 11.6 Å². The van der Waals surface area contributed by atoms with Crippen LogP contribution in [0.15, 0.2) is 6.07 Å². The van der Waals surface area contributed by atoms with E-state index in [1.807, 2.05) is 6.07 Å². The molecule has 6 heteroatoms. The second-order valence-corrected chi connectivity index (χ2v) is 6.82. The topological polar surface area (TPSA) is 87.2 Å². The van der Waals surface area contributed by atoms with Gasteiger partial charge in [-0.25, -0.2) is 13.2 Å². The highest BCUT2D eigenvalue weighted by Gasteiger charge is 2.26. The molecule has 17 heavy (non-hydrogen) atoms. The molecule has 0 amide bonds. The SMILES string of the molecule is Cc1cc(C2CCS(=O)(=O)CC2)[nH]c1C(=O)O. The zero-order valence-corrected chi connectivity index (χ0v) is 10.4. The second-order valence-electron chi connectivity index (χ2n) is 4.51. The van der Waals surface area contributed by atoms with Gasteiger partial charge in [-0.2, -0.15) is 0 Å². The molecule has 1 saturated heterocycles. The van der Waals surface area contributed by atoms with E-state index >= 15 is 0 Å². The minimum Gasteiger partial charge on any atom is -0.477 e. The van der Waals surface area contributed by atoms with Crippen molar-refractivity contribution in [1.82, 2.24) is 4.98 Å². The van der Waals surface area contributed by atoms with Gasteiger partial charge in [-0.1, -0.05) is 0 Å². The van der Waals surface area contributed by atoms with Crippen molar-refractivity contribution < 1.29 is 18.3 Å². The Balaban J connectivity index is 2.19. The third-order valence-electron chi connectivity index (χ3n) is 3.24. The number of rotatable bonds is 2. The molecule has 94 valence electrons. The number of aromatic amines is 1. The predicted octanol–water partition coefficient (Wildman–Crippen LogP) is 1.31. The van der Waals surface area contributed by atoms with Crippen LogP contribution >= 0.6 is 0 Å². The molecule has 0 aliphatic carbocycles. The normalized spacial score (nSPS) is 20.3. The summed E-state index contributed by atoms with van der Waals surface area (Å²) in [5.74, 6) is -0.460. The van der Waals surface area contributed by atoms with Gasteiger partial charge in [-0.05, 0) is 31.4 Å². The molecule has 1 aromatic heterocycles. The van der Waals surface area contributed by atoms with Crippen LogP contribution in [0, 0.1) is 6.92 Å². The first kappa shape index (κ1) is 12.2. The van der Waals surface area contributed by atoms with E-state index in [4.69, 9.17) is 5.11 Å². The number of nitrogens with one attached hydrogen (secondary N) is 1. The van der Waals surface area contributed by atoms with Crippen LogP contribution in [-0.4, -0.2) is 36.0 Å². The first-order valence-corrected chi connectivity index (χ1v) is 7.34. The zero-order valence-electron chi connectivity index (χ0n) is 9.56. The van der Waals surface area contributed by atoms with Crippen LogP contribution in [0.25, 0.3) is 0 Å². The van der Waals surface area contributed by atoms with Crippen LogP contribution in [-0.2, 0) is 9.84 Å². The van der Waals surface area contributed by atoms with Gasteiger partial charge < -0.3 is 10.1 Å². The average molecular weight is 257 g/mol. The summed E-state index contributed by atoms with van der Waals surface area (Å²) in [5, 5.41) is 8.93. The Labute approximate surface area is 99.8 Å². The third kappa shape index (κ3) is 2.52. The van der Waals surface area contributed by atoms with Crippen LogP contribution in [0.4, 0.5) is 0 Å². The fourth-order valence-corrected chi connectivity index (χ4v) is 3.72. The molecule has 2 heterocycles. The van der Waals surface area contributed by atoms with Crippen LogP contribution in [0.2, 0.25) is 0 Å². The maximum absolute atomic E-state index is 11.3. The molecular weight excluding hydrogens is 242 g/mol. The molecule has 2 rings (SSSR count). The monoisotopic (exact) mass is 257 g/mol. The van der Waals surface area contributed by atoms with Crippen molar-refractivity contribution in [3.63, 3.8) is 0 Å². The molecule has 1 fully saturated rings. The van der Waals surface area contributed by atoms with E-state index < -0.39 is 15.8 Å². The largest absolute Gasteiger partial charge is 0.477 e. The lowest BCUT2D eigenvalue weighted by Crippen LogP contribution is -2.22. The fraction of sp³-hybridized carbons (Fsp3) is 0.545. The molecular formula is C11H15NO4S. The molecule has 1 aliphatic rings. The van der Waals surface area contributed by atoms with Crippen LogP contribution < -0.4 is 0 Å². The van der Waals surface area contributed by atoms with Crippen LogP contribution in [0.5, 0.6) is 0 Å². The lowest BCUT2D eigenvalue weighted by molar-refractivity contribution is 0.0690. The first-order valence-electron chi connectivity index (χ1n) is 5.52. The highest BCUT2D eigenvalue weighted by atomic mass is 32.2. The van der Waals surface area contributed by atoms with Gasteiger partial charge in [0.05, 0.1) is 11.5 Å². The number of hydrogen-bond donors (Lipinski definition) is 2. The maximum atomic E-state index is 11.3. The summed E-state index contributed by atoms with van der Waals surface area (Å²) in [5.41, 5.74) is 1.74. The Morgan fingerprint density at radius 2 is 2.00 bits per heavy atom. The molecule has 5 nitrogen and oxygen atoms in total. The standard InChI is InChI=1S/C11H15NO4S/c1-7-6-9(12-10(7)11(13)14)8-2-4-17(15,16)5-3-8/h6,8,12H,2-5H2,1H3,(H,13,14). The van der Waals surface area contributed by atoms with Gasteiger partial charge in [0.25, 0.3) is 0 Å². The number of aromatic nitrogens is 1. The number of carbonyl (C=O) groups is 1. The second kappa shape index (κ2) is 4.18. The molecule has 0 saturated carbocycles. The van der Waals surface area contributed by atoms with E-state index in [1.54, 1.807) is 6.92 Å². The lowest BCUT2D eigenvalue weighted by atomic mass is 9.99. The van der Waals surface area contributed by atoms with Crippen molar-refractivity contribution in [2.75, 3.05) is 11.5 Å². The van der Waals surface area contributed by atoms with Crippen molar-refractivity contribution in [1.29, 1.82) is 0 Å². The zero-order chi connectivity index (χ0) is 12.6. The number of carboxylic acids is 1. The molecule has 0 unspecified atom stereocenters. The summed E-state index contributed by atoms with van der Waals surface area (Å²) in [4.78, 5) is 13.8. The summed E-state index contributed by atoms with van der Waals surface area (Å²) < 4.78 is 22.6. The van der Waals surface area contributed by atoms with E-state index in [0.717, 1.165) is 5.69 Å². The average Bonchev–Trinajstić information content (AvgIpc) is 2.60. The molecule has 1 aliphatic heterocycles. The molecule has 1 aromatic rings. The summed E-state index contributed by atoms with van der Waals surface area (Å²) >= 11 is 0. The van der Waals surface area contributed by atoms with E-state index in [0.29, 0.717) is 18.4 Å². The molecule has 2 N–H and O–H groups in total. The summed E-state index contributed by atoms with van der Waals surface area (Å²) in [6.45, 7) is 1.74. The Morgan fingerprint density at radius 3 is 2.47 bits per heavy atom. The van der Waals surface area contributed by atoms with E-state index in [1.165, 1.54) is 0 Å². The van der Waals surface area contributed by atoms with Crippen molar-refractivity contribution >= 4 is 15.8 Å². The Bertz CT molecular complexity index is 530. The van der Waals surface area contributed by atoms with Gasteiger partial charge in [0.15, 0.2) is 0 Å². The molecule has 0 radical (unpaired) electrons. The van der Waals surface area contributed by atoms with Gasteiger partial charge in [0.1, 0.15) is 15.5 Å². The van der Waals surface area contributed by atoms with Crippen LogP contribution in [0.3, 0.4) is 0 Å². The van der Waals surface area contributed by atoms with Gasteiger partial charge in [0.2, 0.25) is 0 Å². The summed E-state index contributed by atoms with van der Waals surface area (Å²) in [7, 11) is -2.87. The van der Waals surface area contributed by atoms with Crippen molar-refractivity contribution in [2.45, 2.75) is 25.7 Å². The highest BCUT2D eigenvalue weighted by Crippen LogP contribution is 2.29. The Kier molecular flexibility index (Phi) is 2.99. The minimum absolute atomic E-state index is 0.130. The Hall–Kier alpha value is -1.30. The van der Waals surface area contributed by atoms with Gasteiger partial charge >= 0.3 is 5.97 Å². The number of sulfone groups is 1. The number of hydrogen-bond acceptors (Lipinski definition) is 3. The van der Waals surface area contributed by atoms with E-state index in [2.05, 4.69) is 4.98 Å². The number of aromatic carboxylic acids is 1. The van der Waals surface area contributed by atoms with Crippen molar-refractivity contribution in [3.05, 3.63) is 23.0 Å². The third-order valence-corrected chi connectivity index (χ3v) is 4.96. The van der Waals surface area contributed by atoms with Gasteiger partial charge in [-0.15, -0.1) is 0 Å². The smallest absolute Gasteiger partial charge is 0.352 e. The van der Waals surface area contributed by atoms with Crippen molar-refractivity contribution in [2.24, 2.45) is 0 Å². The Morgan fingerprint density at radius 1 is 1.41 bits per heavy atom. The molecule has 0 atom stereocenters. The number of H-pyrrole nitrogens is 1. The predicted molar refractivity (Wildman–Crippen MR) is 63.1 cm³/mol. The lowest BCUT2D eigenvalue weighted by Gasteiger charge is -2.20. The van der Waals surface area contributed by atoms with E-state index in [9.17, 15) is 13.2 Å². The quantitative estimate of drug-likeness (QED) is 0.836. The summed E-state index contributed by atoms with van der Waals surface area (Å²) in [6, 6.07) is 1.81. The first-order chi connectivity index (χ1) is 7.89. The molecule has 0 aromatic carbocycles. The number of aryl methyl sites for hydroxylation is 1. The number of carboxylic acid groups (broad SMARTS) is 1. The minimum atomic E-state index is -2.87. The van der Waals surface area contributed by atoms with Crippen molar-refractivity contribution in [3.8, 4) is 0 Å².